The largest absolute Gasteiger partial charge is 0.309 e. The molecule has 2 nitrogen and oxygen atoms in total. The van der Waals surface area contributed by atoms with Crippen LogP contribution in [0.5, 0.6) is 0 Å². The summed E-state index contributed by atoms with van der Waals surface area (Å²) in [6, 6.07) is 2.93. The standard InChI is InChI=1S/C12H13BrN2S2/c1-7-10(13)4-11(16-7)12-15-6-9(17-12)5-14-8-2-3-8/h4,6,8,14H,2-3,5H2,1H3. The number of thiazole rings is 1. The Hall–Kier alpha value is -0.230. The van der Waals surface area contributed by atoms with E-state index in [0.29, 0.717) is 0 Å². The van der Waals surface area contributed by atoms with Gasteiger partial charge in [0.15, 0.2) is 0 Å². The number of rotatable bonds is 4. The third-order valence-electron chi connectivity index (χ3n) is 2.76. The average molecular weight is 329 g/mol. The second-order valence-electron chi connectivity index (χ2n) is 4.30. The van der Waals surface area contributed by atoms with Gasteiger partial charge in [-0.05, 0) is 41.8 Å². The first-order chi connectivity index (χ1) is 8.22. The topological polar surface area (TPSA) is 24.9 Å². The van der Waals surface area contributed by atoms with Crippen LogP contribution in [0.4, 0.5) is 0 Å². The van der Waals surface area contributed by atoms with Crippen molar-refractivity contribution in [2.45, 2.75) is 32.4 Å². The molecule has 0 saturated heterocycles. The lowest BCUT2D eigenvalue weighted by molar-refractivity contribution is 0.694. The van der Waals surface area contributed by atoms with Gasteiger partial charge in [0.05, 0.1) is 4.88 Å². The molecule has 1 N–H and O–H groups in total. The van der Waals surface area contributed by atoms with Gasteiger partial charge in [0.1, 0.15) is 5.01 Å². The Labute approximate surface area is 117 Å². The number of aryl methyl sites for hydroxylation is 1. The maximum absolute atomic E-state index is 4.51. The minimum Gasteiger partial charge on any atom is -0.309 e. The SMILES string of the molecule is Cc1sc(-c2ncc(CNC3CC3)s2)cc1Br. The van der Waals surface area contributed by atoms with E-state index in [2.05, 4.69) is 39.2 Å². The second-order valence-corrected chi connectivity index (χ2v) is 7.53. The molecule has 0 unspecified atom stereocenters. The Morgan fingerprint density at radius 1 is 1.47 bits per heavy atom. The zero-order chi connectivity index (χ0) is 11.8. The third-order valence-corrected chi connectivity index (χ3v) is 6.07. The van der Waals surface area contributed by atoms with Crippen LogP contribution in [0.1, 0.15) is 22.6 Å². The number of nitrogens with zero attached hydrogens (tertiary/aromatic N) is 1. The highest BCUT2D eigenvalue weighted by Gasteiger charge is 2.20. The van der Waals surface area contributed by atoms with Crippen LogP contribution >= 0.6 is 38.6 Å². The highest BCUT2D eigenvalue weighted by atomic mass is 79.9. The van der Waals surface area contributed by atoms with E-state index >= 15 is 0 Å². The van der Waals surface area contributed by atoms with Crippen molar-refractivity contribution >= 4 is 38.6 Å². The molecule has 3 rings (SSSR count). The van der Waals surface area contributed by atoms with Crippen molar-refractivity contribution in [2.24, 2.45) is 0 Å². The zero-order valence-corrected chi connectivity index (χ0v) is 12.7. The van der Waals surface area contributed by atoms with Crippen LogP contribution in [-0.4, -0.2) is 11.0 Å². The predicted octanol–water partition coefficient (Wildman–Crippen LogP) is 4.19. The number of hydrogen-bond acceptors (Lipinski definition) is 4. The van der Waals surface area contributed by atoms with E-state index in [1.54, 1.807) is 22.7 Å². The van der Waals surface area contributed by atoms with Crippen LogP contribution in [0.15, 0.2) is 16.7 Å². The molecule has 1 aliphatic carbocycles. The minimum absolute atomic E-state index is 0.763. The van der Waals surface area contributed by atoms with Gasteiger partial charge in [0.2, 0.25) is 0 Å². The summed E-state index contributed by atoms with van der Waals surface area (Å²) in [6.07, 6.45) is 4.67. The van der Waals surface area contributed by atoms with Gasteiger partial charge in [-0.1, -0.05) is 0 Å². The quantitative estimate of drug-likeness (QED) is 0.909. The van der Waals surface area contributed by atoms with Crippen molar-refractivity contribution in [3.63, 3.8) is 0 Å². The molecule has 2 aromatic heterocycles. The summed E-state index contributed by atoms with van der Waals surface area (Å²) in [5.41, 5.74) is 0. The molecule has 0 bridgehead atoms. The normalized spacial score (nSPS) is 15.4. The van der Waals surface area contributed by atoms with Crippen LogP contribution in [0, 0.1) is 6.92 Å². The second kappa shape index (κ2) is 4.80. The van der Waals surface area contributed by atoms with Crippen molar-refractivity contribution in [3.05, 3.63) is 26.5 Å². The van der Waals surface area contributed by atoms with Crippen LogP contribution < -0.4 is 5.32 Å². The Bertz CT molecular complexity index is 509. The van der Waals surface area contributed by atoms with Gasteiger partial charge in [-0.2, -0.15) is 0 Å². The van der Waals surface area contributed by atoms with E-state index in [1.807, 2.05) is 6.20 Å². The maximum atomic E-state index is 4.51. The van der Waals surface area contributed by atoms with Gasteiger partial charge in [-0.3, -0.25) is 0 Å². The number of hydrogen-bond donors (Lipinski definition) is 1. The van der Waals surface area contributed by atoms with Crippen molar-refractivity contribution in [3.8, 4) is 9.88 Å². The van der Waals surface area contributed by atoms with Crippen LogP contribution in [0.3, 0.4) is 0 Å². The van der Waals surface area contributed by atoms with Crippen LogP contribution in [0.25, 0.3) is 9.88 Å². The molecule has 2 heterocycles. The van der Waals surface area contributed by atoms with Gasteiger partial charge >= 0.3 is 0 Å². The monoisotopic (exact) mass is 328 g/mol. The Balaban J connectivity index is 1.74. The van der Waals surface area contributed by atoms with E-state index in [-0.39, 0.29) is 0 Å². The molecule has 1 saturated carbocycles. The first-order valence-electron chi connectivity index (χ1n) is 5.67. The molecule has 0 amide bonds. The van der Waals surface area contributed by atoms with E-state index in [0.717, 1.165) is 17.6 Å². The predicted molar refractivity (Wildman–Crippen MR) is 77.7 cm³/mol. The van der Waals surface area contributed by atoms with E-state index < -0.39 is 0 Å². The lowest BCUT2D eigenvalue weighted by Gasteiger charge is -1.96. The van der Waals surface area contributed by atoms with Crippen LogP contribution in [0.2, 0.25) is 0 Å². The Morgan fingerprint density at radius 3 is 2.94 bits per heavy atom. The van der Waals surface area contributed by atoms with Gasteiger partial charge < -0.3 is 5.32 Å². The van der Waals surface area contributed by atoms with Crippen LogP contribution in [-0.2, 0) is 6.54 Å². The number of halogens is 1. The first-order valence-corrected chi connectivity index (χ1v) is 8.09. The first kappa shape index (κ1) is 11.8. The van der Waals surface area contributed by atoms with Gasteiger partial charge in [-0.15, -0.1) is 22.7 Å². The van der Waals surface area contributed by atoms with Crippen molar-refractivity contribution < 1.29 is 0 Å². The third kappa shape index (κ3) is 2.78. The van der Waals surface area contributed by atoms with E-state index in [4.69, 9.17) is 0 Å². The molecule has 2 aromatic rings. The molecule has 90 valence electrons. The average Bonchev–Trinajstić information content (AvgIpc) is 2.92. The maximum Gasteiger partial charge on any atom is 0.133 e. The summed E-state index contributed by atoms with van der Waals surface area (Å²) in [7, 11) is 0. The molecule has 5 heteroatoms. The summed E-state index contributed by atoms with van der Waals surface area (Å²) in [5, 5.41) is 4.65. The Kier molecular flexibility index (Phi) is 3.34. The van der Waals surface area contributed by atoms with Crippen molar-refractivity contribution in [1.82, 2.24) is 10.3 Å². The smallest absolute Gasteiger partial charge is 0.133 e. The molecule has 17 heavy (non-hydrogen) atoms. The summed E-state index contributed by atoms with van der Waals surface area (Å²) >= 11 is 7.15. The molecule has 1 aliphatic rings. The summed E-state index contributed by atoms with van der Waals surface area (Å²) in [5.74, 6) is 0. The molecular weight excluding hydrogens is 316 g/mol. The minimum atomic E-state index is 0.763. The van der Waals surface area contributed by atoms with Gasteiger partial charge in [0, 0.05) is 33.0 Å². The fraction of sp³-hybridized carbons (Fsp3) is 0.417. The zero-order valence-electron chi connectivity index (χ0n) is 9.50. The highest BCUT2D eigenvalue weighted by Crippen LogP contribution is 2.36. The number of nitrogens with one attached hydrogen (secondary N) is 1. The summed E-state index contributed by atoms with van der Waals surface area (Å²) in [4.78, 5) is 8.41. The number of aromatic nitrogens is 1. The van der Waals surface area contributed by atoms with Gasteiger partial charge in [-0.25, -0.2) is 4.98 Å². The van der Waals surface area contributed by atoms with E-state index in [9.17, 15) is 0 Å². The fourth-order valence-corrected chi connectivity index (χ4v) is 4.05. The molecule has 0 aromatic carbocycles. The highest BCUT2D eigenvalue weighted by molar-refractivity contribution is 9.10. The molecule has 0 atom stereocenters. The van der Waals surface area contributed by atoms with E-state index in [1.165, 1.54) is 31.9 Å². The number of thiophene rings is 1. The lowest BCUT2D eigenvalue weighted by atomic mass is 10.4. The lowest BCUT2D eigenvalue weighted by Crippen LogP contribution is -2.14. The molecule has 0 radical (unpaired) electrons. The summed E-state index contributed by atoms with van der Waals surface area (Å²) < 4.78 is 1.19. The molecule has 1 fully saturated rings. The Morgan fingerprint density at radius 2 is 2.29 bits per heavy atom. The molecule has 0 spiro atoms. The summed E-state index contributed by atoms with van der Waals surface area (Å²) in [6.45, 7) is 3.09. The fourth-order valence-electron chi connectivity index (χ4n) is 1.60. The molecular formula is C12H13BrN2S2. The van der Waals surface area contributed by atoms with Crippen molar-refractivity contribution in [2.75, 3.05) is 0 Å². The molecule has 0 aliphatic heterocycles. The van der Waals surface area contributed by atoms with Gasteiger partial charge in [0.25, 0.3) is 0 Å². The van der Waals surface area contributed by atoms with Crippen molar-refractivity contribution in [1.29, 1.82) is 0 Å².